The van der Waals surface area contributed by atoms with Gasteiger partial charge in [0.2, 0.25) is 0 Å². The fourth-order valence-electron chi connectivity index (χ4n) is 3.24. The summed E-state index contributed by atoms with van der Waals surface area (Å²) in [7, 11) is 0. The standard InChI is InChI=1S/C17H15ClN4O5/c1-8-13(16-20-12(7-18)21-27-16)15(14(17(23)24)9(2)19-8)10-4-3-5-11(6-10)22(25)26/h3-6,14-15H,7H2,1-2H3,(H,23,24). The van der Waals surface area contributed by atoms with Crippen molar-refractivity contribution in [3.8, 4) is 0 Å². The molecule has 2 aromatic rings. The molecular formula is C17H15ClN4O5. The highest BCUT2D eigenvalue weighted by molar-refractivity contribution is 6.16. The zero-order valence-electron chi connectivity index (χ0n) is 14.4. The number of alkyl halides is 1. The van der Waals surface area contributed by atoms with Gasteiger partial charge < -0.3 is 9.63 Å². The van der Waals surface area contributed by atoms with E-state index < -0.39 is 22.7 Å². The van der Waals surface area contributed by atoms with Gasteiger partial charge in [-0.2, -0.15) is 4.98 Å². The summed E-state index contributed by atoms with van der Waals surface area (Å²) < 4.78 is 5.26. The molecule has 0 bridgehead atoms. The fraction of sp³-hybridized carbons (Fsp3) is 0.294. The van der Waals surface area contributed by atoms with Gasteiger partial charge in [-0.05, 0) is 19.4 Å². The number of aromatic nitrogens is 2. The average molecular weight is 391 g/mol. The number of carboxylic acid groups (broad SMARTS) is 1. The predicted octanol–water partition coefficient (Wildman–Crippen LogP) is 3.41. The van der Waals surface area contributed by atoms with Crippen LogP contribution in [0.3, 0.4) is 0 Å². The van der Waals surface area contributed by atoms with Crippen LogP contribution < -0.4 is 0 Å². The number of allylic oxidation sites excluding steroid dienone is 2. The molecule has 1 aliphatic rings. The van der Waals surface area contributed by atoms with Crippen LogP contribution in [0.5, 0.6) is 0 Å². The summed E-state index contributed by atoms with van der Waals surface area (Å²) in [6.45, 7) is 3.31. The lowest BCUT2D eigenvalue weighted by molar-refractivity contribution is -0.384. The Morgan fingerprint density at radius 3 is 2.74 bits per heavy atom. The minimum absolute atomic E-state index is 0.0297. The van der Waals surface area contributed by atoms with E-state index >= 15 is 0 Å². The summed E-state index contributed by atoms with van der Waals surface area (Å²) in [5, 5.41) is 24.7. The van der Waals surface area contributed by atoms with Crippen molar-refractivity contribution in [2.75, 3.05) is 0 Å². The van der Waals surface area contributed by atoms with Gasteiger partial charge in [-0.15, -0.1) is 11.6 Å². The molecule has 27 heavy (non-hydrogen) atoms. The van der Waals surface area contributed by atoms with E-state index in [1.54, 1.807) is 19.9 Å². The van der Waals surface area contributed by atoms with E-state index in [9.17, 15) is 20.0 Å². The zero-order valence-corrected chi connectivity index (χ0v) is 15.2. The molecule has 1 aliphatic heterocycles. The van der Waals surface area contributed by atoms with Crippen LogP contribution in [0.4, 0.5) is 5.69 Å². The second-order valence-corrected chi connectivity index (χ2v) is 6.31. The second-order valence-electron chi connectivity index (χ2n) is 6.05. The molecule has 2 unspecified atom stereocenters. The van der Waals surface area contributed by atoms with Crippen molar-refractivity contribution in [1.29, 1.82) is 0 Å². The number of aliphatic carboxylic acids is 1. The van der Waals surface area contributed by atoms with Gasteiger partial charge in [0, 0.05) is 35.0 Å². The molecule has 9 nitrogen and oxygen atoms in total. The number of carboxylic acids is 1. The Balaban J connectivity index is 2.23. The summed E-state index contributed by atoms with van der Waals surface area (Å²) in [5.74, 6) is -2.53. The van der Waals surface area contributed by atoms with Crippen LogP contribution in [0.1, 0.15) is 37.0 Å². The monoisotopic (exact) mass is 390 g/mol. The lowest BCUT2D eigenvalue weighted by Crippen LogP contribution is -2.32. The number of nitrogens with zero attached hydrogens (tertiary/aromatic N) is 4. The lowest BCUT2D eigenvalue weighted by Gasteiger charge is -2.29. The highest BCUT2D eigenvalue weighted by Crippen LogP contribution is 2.44. The third kappa shape index (κ3) is 3.45. The first-order chi connectivity index (χ1) is 12.8. The van der Waals surface area contributed by atoms with Crippen LogP contribution in [0.15, 0.2) is 39.5 Å². The molecule has 0 amide bonds. The SMILES string of the molecule is CC1=NC(C)=C(c2nc(CCl)no2)C(c2cccc([N+](=O)[O-])c2)C1C(=O)O. The number of halogens is 1. The maximum absolute atomic E-state index is 12.0. The molecule has 3 rings (SSSR count). The van der Waals surface area contributed by atoms with Crippen molar-refractivity contribution >= 4 is 34.5 Å². The van der Waals surface area contributed by atoms with Gasteiger partial charge in [-0.25, -0.2) is 0 Å². The number of benzene rings is 1. The van der Waals surface area contributed by atoms with E-state index in [4.69, 9.17) is 16.1 Å². The van der Waals surface area contributed by atoms with E-state index in [2.05, 4.69) is 15.1 Å². The van der Waals surface area contributed by atoms with Crippen LogP contribution in [-0.4, -0.2) is 31.9 Å². The number of non-ortho nitro benzene ring substituents is 1. The van der Waals surface area contributed by atoms with E-state index in [1.807, 2.05) is 0 Å². The van der Waals surface area contributed by atoms with Gasteiger partial charge in [0.25, 0.3) is 11.6 Å². The molecule has 0 fully saturated rings. The maximum atomic E-state index is 12.0. The van der Waals surface area contributed by atoms with E-state index in [0.717, 1.165) is 0 Å². The minimum Gasteiger partial charge on any atom is -0.481 e. The van der Waals surface area contributed by atoms with Crippen LogP contribution >= 0.6 is 11.6 Å². The number of nitro groups is 1. The smallest absolute Gasteiger partial charge is 0.313 e. The number of carbonyl (C=O) groups is 1. The fourth-order valence-corrected chi connectivity index (χ4v) is 3.35. The molecule has 1 aromatic heterocycles. The maximum Gasteiger partial charge on any atom is 0.313 e. The molecule has 0 radical (unpaired) electrons. The molecule has 0 aliphatic carbocycles. The van der Waals surface area contributed by atoms with Gasteiger partial charge in [0.05, 0.1) is 10.8 Å². The Labute approximate surface area is 158 Å². The van der Waals surface area contributed by atoms with E-state index in [0.29, 0.717) is 22.5 Å². The molecule has 0 saturated heterocycles. The minimum atomic E-state index is -1.10. The zero-order chi connectivity index (χ0) is 19.7. The summed E-state index contributed by atoms with van der Waals surface area (Å²) in [6.07, 6.45) is 0. The van der Waals surface area contributed by atoms with Crippen LogP contribution in [-0.2, 0) is 10.7 Å². The highest BCUT2D eigenvalue weighted by Gasteiger charge is 2.41. The highest BCUT2D eigenvalue weighted by atomic mass is 35.5. The van der Waals surface area contributed by atoms with E-state index in [-0.39, 0.29) is 23.3 Å². The van der Waals surface area contributed by atoms with Crippen LogP contribution in [0, 0.1) is 16.0 Å². The van der Waals surface area contributed by atoms with Crippen molar-refractivity contribution < 1.29 is 19.3 Å². The largest absolute Gasteiger partial charge is 0.481 e. The third-order valence-electron chi connectivity index (χ3n) is 4.35. The Hall–Kier alpha value is -3.07. The number of nitro benzene ring substituents is 1. The van der Waals surface area contributed by atoms with Gasteiger partial charge in [-0.1, -0.05) is 17.3 Å². The van der Waals surface area contributed by atoms with Crippen molar-refractivity contribution in [2.45, 2.75) is 25.6 Å². The summed E-state index contributed by atoms with van der Waals surface area (Å²) >= 11 is 5.73. The molecule has 1 aromatic carbocycles. The van der Waals surface area contributed by atoms with Gasteiger partial charge in [0.1, 0.15) is 5.92 Å². The van der Waals surface area contributed by atoms with Crippen molar-refractivity contribution in [3.05, 3.63) is 57.4 Å². The first kappa shape index (κ1) is 18.7. The Bertz CT molecular complexity index is 981. The average Bonchev–Trinajstić information content (AvgIpc) is 3.09. The normalized spacial score (nSPS) is 19.7. The molecule has 10 heteroatoms. The van der Waals surface area contributed by atoms with Crippen LogP contribution in [0.2, 0.25) is 0 Å². The van der Waals surface area contributed by atoms with Gasteiger partial charge in [0.15, 0.2) is 5.82 Å². The molecular weight excluding hydrogens is 376 g/mol. The third-order valence-corrected chi connectivity index (χ3v) is 4.59. The van der Waals surface area contributed by atoms with Gasteiger partial charge in [-0.3, -0.25) is 19.9 Å². The number of hydrogen-bond acceptors (Lipinski definition) is 7. The molecule has 1 N–H and O–H groups in total. The number of hydrogen-bond donors (Lipinski definition) is 1. The number of aliphatic imine (C=N–C) groups is 1. The summed E-state index contributed by atoms with van der Waals surface area (Å²) in [6, 6.07) is 5.85. The lowest BCUT2D eigenvalue weighted by atomic mass is 9.75. The molecule has 0 saturated carbocycles. The Kier molecular flexibility index (Phi) is 5.04. The Morgan fingerprint density at radius 1 is 1.41 bits per heavy atom. The van der Waals surface area contributed by atoms with E-state index in [1.165, 1.54) is 18.2 Å². The topological polar surface area (TPSA) is 132 Å². The molecule has 2 atom stereocenters. The van der Waals surface area contributed by atoms with Crippen LogP contribution in [0.25, 0.3) is 5.57 Å². The molecule has 140 valence electrons. The van der Waals surface area contributed by atoms with Gasteiger partial charge >= 0.3 is 5.97 Å². The molecule has 2 heterocycles. The summed E-state index contributed by atoms with van der Waals surface area (Å²) in [4.78, 5) is 31.2. The summed E-state index contributed by atoms with van der Waals surface area (Å²) in [5.41, 5.74) is 1.62. The Morgan fingerprint density at radius 2 is 2.15 bits per heavy atom. The second kappa shape index (κ2) is 7.28. The number of rotatable bonds is 5. The predicted molar refractivity (Wildman–Crippen MR) is 96.5 cm³/mol. The van der Waals surface area contributed by atoms with Crippen molar-refractivity contribution in [1.82, 2.24) is 10.1 Å². The first-order valence-electron chi connectivity index (χ1n) is 7.95. The first-order valence-corrected chi connectivity index (χ1v) is 8.49. The quantitative estimate of drug-likeness (QED) is 0.470. The van der Waals surface area contributed by atoms with Crippen molar-refractivity contribution in [3.63, 3.8) is 0 Å². The molecule has 0 spiro atoms. The van der Waals surface area contributed by atoms with Crippen molar-refractivity contribution in [2.24, 2.45) is 10.9 Å².